The lowest BCUT2D eigenvalue weighted by molar-refractivity contribution is -0.143. The number of carbonyl (C=O) groups is 1. The summed E-state index contributed by atoms with van der Waals surface area (Å²) in [6, 6.07) is 10.2. The minimum absolute atomic E-state index is 0.165. The van der Waals surface area contributed by atoms with E-state index < -0.39 is 0 Å². The van der Waals surface area contributed by atoms with E-state index in [0.29, 0.717) is 48.1 Å². The van der Waals surface area contributed by atoms with Crippen molar-refractivity contribution >= 4 is 39.9 Å². The van der Waals surface area contributed by atoms with Crippen LogP contribution in [0.4, 0.5) is 4.39 Å². The Bertz CT molecular complexity index is 1530. The van der Waals surface area contributed by atoms with Crippen LogP contribution in [0.15, 0.2) is 66.1 Å². The largest absolute Gasteiger partial charge is 0.466 e. The summed E-state index contributed by atoms with van der Waals surface area (Å²) in [6.45, 7) is 3.37. The van der Waals surface area contributed by atoms with Gasteiger partial charge in [0, 0.05) is 52.6 Å². The van der Waals surface area contributed by atoms with Gasteiger partial charge in [0.2, 0.25) is 0 Å². The van der Waals surface area contributed by atoms with Crippen LogP contribution in [0.25, 0.3) is 27.7 Å². The molecule has 0 saturated carbocycles. The third-order valence-electron chi connectivity index (χ3n) is 6.09. The molecule has 7 nitrogen and oxygen atoms in total. The Morgan fingerprint density at radius 2 is 2.00 bits per heavy atom. The second kappa shape index (κ2) is 11.0. The Morgan fingerprint density at radius 3 is 2.86 bits per heavy atom. The van der Waals surface area contributed by atoms with E-state index in [1.807, 2.05) is 35.2 Å². The van der Waals surface area contributed by atoms with Crippen molar-refractivity contribution in [3.63, 3.8) is 0 Å². The van der Waals surface area contributed by atoms with Crippen molar-refractivity contribution in [3.8, 4) is 11.1 Å². The molecule has 0 aliphatic carbocycles. The molecular formula is C28H25ClFN5O2. The highest BCUT2D eigenvalue weighted by Gasteiger charge is 2.21. The van der Waals surface area contributed by atoms with Gasteiger partial charge in [-0.25, -0.2) is 9.37 Å². The van der Waals surface area contributed by atoms with Gasteiger partial charge in [-0.2, -0.15) is 5.10 Å². The molecule has 3 aromatic heterocycles. The van der Waals surface area contributed by atoms with E-state index in [-0.39, 0.29) is 11.8 Å². The van der Waals surface area contributed by atoms with Gasteiger partial charge < -0.3 is 4.74 Å². The molecule has 5 rings (SSSR count). The fourth-order valence-corrected chi connectivity index (χ4v) is 4.44. The average molecular weight is 518 g/mol. The van der Waals surface area contributed by atoms with E-state index in [1.165, 1.54) is 12.1 Å². The lowest BCUT2D eigenvalue weighted by Crippen LogP contribution is -2.06. The predicted octanol–water partition coefficient (Wildman–Crippen LogP) is 5.91. The molecule has 0 spiro atoms. The van der Waals surface area contributed by atoms with Crippen LogP contribution in [-0.2, 0) is 16.1 Å². The number of benzene rings is 1. The number of pyridine rings is 2. The van der Waals surface area contributed by atoms with Gasteiger partial charge in [-0.05, 0) is 56.2 Å². The molecule has 1 aliphatic rings. The van der Waals surface area contributed by atoms with Crippen LogP contribution >= 0.6 is 11.6 Å². The van der Waals surface area contributed by atoms with Gasteiger partial charge >= 0.3 is 5.97 Å². The van der Waals surface area contributed by atoms with Crippen molar-refractivity contribution in [1.29, 1.82) is 0 Å². The van der Waals surface area contributed by atoms with Crippen molar-refractivity contribution in [1.82, 2.24) is 19.7 Å². The van der Waals surface area contributed by atoms with E-state index in [1.54, 1.807) is 25.4 Å². The zero-order chi connectivity index (χ0) is 25.8. The molecule has 0 atom stereocenters. The highest BCUT2D eigenvalue weighted by molar-refractivity contribution is 6.35. The Labute approximate surface area is 218 Å². The number of unbranched alkanes of at least 4 members (excludes halogenated alkanes) is 1. The highest BCUT2D eigenvalue weighted by atomic mass is 35.5. The molecule has 0 radical (unpaired) electrons. The van der Waals surface area contributed by atoms with Crippen molar-refractivity contribution < 1.29 is 13.9 Å². The third-order valence-corrected chi connectivity index (χ3v) is 6.32. The monoisotopic (exact) mass is 517 g/mol. The van der Waals surface area contributed by atoms with Gasteiger partial charge in [-0.1, -0.05) is 17.7 Å². The number of nitrogens with zero attached hydrogens (tertiary/aromatic N) is 5. The molecule has 0 fully saturated rings. The number of aryl methyl sites for hydroxylation is 1. The van der Waals surface area contributed by atoms with Gasteiger partial charge in [0.05, 0.1) is 41.8 Å². The Morgan fingerprint density at radius 1 is 1.11 bits per heavy atom. The van der Waals surface area contributed by atoms with Crippen molar-refractivity contribution in [3.05, 3.63) is 83.2 Å². The molecule has 0 N–H and O–H groups in total. The Kier molecular flexibility index (Phi) is 7.37. The number of allylic oxidation sites excluding steroid dienone is 1. The number of fused-ring (bicyclic) bond motifs is 1. The molecule has 4 heterocycles. The summed E-state index contributed by atoms with van der Waals surface area (Å²) in [6.07, 6.45) is 9.48. The molecule has 4 aromatic rings. The molecule has 1 aliphatic heterocycles. The van der Waals surface area contributed by atoms with E-state index in [9.17, 15) is 9.18 Å². The average Bonchev–Trinajstić information content (AvgIpc) is 3.58. The standard InChI is InChI=1S/C28H25ClFN5O2/c1-2-37-27(36)5-3-4-12-35-17-19(16-33-35)18-13-26-25(32-15-18)9-8-24(34-26)21-10-11-31-28(21)22-14-20(29)6-7-23(22)30/h6-10,13-17H,2-5,11-12H2,1H3. The zero-order valence-electron chi connectivity index (χ0n) is 20.3. The number of ether oxygens (including phenoxy) is 1. The number of esters is 1. The molecule has 0 unspecified atom stereocenters. The normalized spacial score (nSPS) is 13.1. The SMILES string of the molecule is CCOC(=O)CCCCn1cc(-c2cnc3ccc(C4=CCN=C4c4cc(Cl)ccc4F)nc3c2)cn1. The minimum Gasteiger partial charge on any atom is -0.466 e. The second-order valence-corrected chi connectivity index (χ2v) is 9.08. The molecule has 0 bridgehead atoms. The number of halogens is 2. The number of hydrogen-bond donors (Lipinski definition) is 0. The van der Waals surface area contributed by atoms with E-state index in [4.69, 9.17) is 21.3 Å². The van der Waals surface area contributed by atoms with E-state index in [2.05, 4.69) is 15.1 Å². The number of hydrogen-bond acceptors (Lipinski definition) is 6. The van der Waals surface area contributed by atoms with Crippen LogP contribution in [0.1, 0.15) is 37.4 Å². The zero-order valence-corrected chi connectivity index (χ0v) is 21.1. The molecule has 37 heavy (non-hydrogen) atoms. The number of aliphatic imine (C=N–C) groups is 1. The fourth-order valence-electron chi connectivity index (χ4n) is 4.27. The number of carbonyl (C=O) groups excluding carboxylic acids is 1. The van der Waals surface area contributed by atoms with E-state index >= 15 is 0 Å². The van der Waals surface area contributed by atoms with Crippen molar-refractivity contribution in [2.24, 2.45) is 4.99 Å². The molecule has 188 valence electrons. The topological polar surface area (TPSA) is 82.3 Å². The first kappa shape index (κ1) is 24.8. The number of rotatable bonds is 9. The van der Waals surface area contributed by atoms with Gasteiger partial charge in [0.1, 0.15) is 5.82 Å². The van der Waals surface area contributed by atoms with Crippen LogP contribution in [0.3, 0.4) is 0 Å². The molecule has 0 amide bonds. The fraction of sp³-hybridized carbons (Fsp3) is 0.250. The van der Waals surface area contributed by atoms with Gasteiger partial charge in [-0.15, -0.1) is 0 Å². The summed E-state index contributed by atoms with van der Waals surface area (Å²) in [7, 11) is 0. The smallest absolute Gasteiger partial charge is 0.305 e. The van der Waals surface area contributed by atoms with Gasteiger partial charge in [0.15, 0.2) is 0 Å². The lowest BCUT2D eigenvalue weighted by atomic mass is 9.99. The molecule has 1 aromatic carbocycles. The predicted molar refractivity (Wildman–Crippen MR) is 142 cm³/mol. The molecular weight excluding hydrogens is 493 g/mol. The van der Waals surface area contributed by atoms with Gasteiger partial charge in [0.25, 0.3) is 0 Å². The summed E-state index contributed by atoms with van der Waals surface area (Å²) >= 11 is 6.11. The lowest BCUT2D eigenvalue weighted by Gasteiger charge is -2.10. The van der Waals surface area contributed by atoms with Gasteiger partial charge in [-0.3, -0.25) is 19.5 Å². The first-order valence-corrected chi connectivity index (χ1v) is 12.6. The van der Waals surface area contributed by atoms with Crippen LogP contribution < -0.4 is 0 Å². The summed E-state index contributed by atoms with van der Waals surface area (Å²) < 4.78 is 21.4. The molecule has 9 heteroatoms. The maximum absolute atomic E-state index is 14.5. The van der Waals surface area contributed by atoms with Crippen molar-refractivity contribution in [2.75, 3.05) is 13.2 Å². The highest BCUT2D eigenvalue weighted by Crippen LogP contribution is 2.29. The summed E-state index contributed by atoms with van der Waals surface area (Å²) in [5, 5.41) is 4.90. The molecule has 0 saturated heterocycles. The second-order valence-electron chi connectivity index (χ2n) is 8.64. The quantitative estimate of drug-likeness (QED) is 0.204. The van der Waals surface area contributed by atoms with E-state index in [0.717, 1.165) is 40.6 Å². The first-order valence-electron chi connectivity index (χ1n) is 12.2. The summed E-state index contributed by atoms with van der Waals surface area (Å²) in [5.41, 5.74) is 5.66. The van der Waals surface area contributed by atoms with Crippen molar-refractivity contribution in [2.45, 2.75) is 32.7 Å². The minimum atomic E-state index is -0.376. The van der Waals surface area contributed by atoms with Crippen LogP contribution in [0.5, 0.6) is 0 Å². The Hall–Kier alpha value is -3.91. The van der Waals surface area contributed by atoms with Crippen LogP contribution in [0, 0.1) is 5.82 Å². The summed E-state index contributed by atoms with van der Waals surface area (Å²) in [4.78, 5) is 25.4. The van der Waals surface area contributed by atoms with Crippen LogP contribution in [-0.4, -0.2) is 44.6 Å². The summed E-state index contributed by atoms with van der Waals surface area (Å²) in [5.74, 6) is -0.541. The third kappa shape index (κ3) is 5.59. The maximum Gasteiger partial charge on any atom is 0.305 e. The Balaban J connectivity index is 1.34. The number of aromatic nitrogens is 4. The maximum atomic E-state index is 14.5. The van der Waals surface area contributed by atoms with Crippen LogP contribution in [0.2, 0.25) is 5.02 Å². The first-order chi connectivity index (χ1) is 18.0.